The molecule has 0 bridgehead atoms. The Morgan fingerprint density at radius 1 is 0.672 bits per heavy atom. The molecule has 1 saturated carbocycles. The summed E-state index contributed by atoms with van der Waals surface area (Å²) in [5, 5.41) is 4.34. The van der Waals surface area contributed by atoms with Gasteiger partial charge in [-0.15, -0.1) is 0 Å². The summed E-state index contributed by atoms with van der Waals surface area (Å²) in [4.78, 5) is 19.0. The minimum absolute atomic E-state index is 0.248. The maximum absolute atomic E-state index is 12.8. The summed E-state index contributed by atoms with van der Waals surface area (Å²) >= 11 is 0. The summed E-state index contributed by atoms with van der Waals surface area (Å²) in [6, 6.07) is 25.1. The van der Waals surface area contributed by atoms with Crippen molar-refractivity contribution in [3.8, 4) is 0 Å². The van der Waals surface area contributed by atoms with E-state index in [1.165, 1.54) is 0 Å². The average Bonchev–Trinajstić information content (AvgIpc) is 3.82. The molecule has 0 radical (unpaired) electrons. The van der Waals surface area contributed by atoms with E-state index in [0.29, 0.717) is 45.9 Å². The van der Waals surface area contributed by atoms with Crippen LogP contribution in [0.2, 0.25) is 0 Å². The van der Waals surface area contributed by atoms with Crippen molar-refractivity contribution in [3.63, 3.8) is 0 Å². The molecule has 64 heavy (non-hydrogen) atoms. The van der Waals surface area contributed by atoms with E-state index in [1.54, 1.807) is 4.90 Å². The van der Waals surface area contributed by atoms with Crippen LogP contribution in [0.5, 0.6) is 0 Å². The molecule has 4 aromatic rings. The van der Waals surface area contributed by atoms with Gasteiger partial charge in [0.1, 0.15) is 0 Å². The summed E-state index contributed by atoms with van der Waals surface area (Å²) in [6.07, 6.45) is 10.5. The number of hydrogen-bond donors (Lipinski definition) is 2. The third-order valence-corrected chi connectivity index (χ3v) is 15.0. The molecule has 338 valence electrons. The fraction of sp³-hybridized carbons (Fsp3) is 0.400. The predicted octanol–water partition coefficient (Wildman–Crippen LogP) is 8.78. The van der Waals surface area contributed by atoms with Crippen molar-refractivity contribution < 1.29 is 40.0 Å². The van der Waals surface area contributed by atoms with E-state index in [-0.39, 0.29) is 30.4 Å². The molecule has 0 aromatic heterocycles. The number of carbonyl (C=O) groups excluding carboxylic acids is 1. The minimum Gasteiger partial charge on any atom is -0.450 e. The Hall–Kier alpha value is -5.28. The number of piperazine rings is 1. The highest BCUT2D eigenvalue weighted by Crippen LogP contribution is 2.52. The molecule has 14 heteroatoms. The van der Waals surface area contributed by atoms with Crippen molar-refractivity contribution >= 4 is 65.0 Å². The Balaban J connectivity index is 1.22. The van der Waals surface area contributed by atoms with Gasteiger partial charge in [0.25, 0.3) is 20.2 Å². The van der Waals surface area contributed by atoms with Crippen molar-refractivity contribution in [2.45, 2.75) is 71.1 Å². The smallest absolute Gasteiger partial charge is 0.410 e. The number of anilines is 2. The second-order valence-corrected chi connectivity index (χ2v) is 21.4. The van der Waals surface area contributed by atoms with Gasteiger partial charge in [-0.2, -0.15) is 16.8 Å². The molecule has 2 fully saturated rings. The summed E-state index contributed by atoms with van der Waals surface area (Å²) in [5.41, 5.74) is 9.04. The van der Waals surface area contributed by atoms with Gasteiger partial charge < -0.3 is 14.5 Å². The summed E-state index contributed by atoms with van der Waals surface area (Å²) in [5.74, 6) is -0.679. The molecule has 1 amide bonds. The molecule has 8 rings (SSSR count). The highest BCUT2D eigenvalue weighted by Gasteiger charge is 2.43. The Morgan fingerprint density at radius 3 is 1.53 bits per heavy atom. The van der Waals surface area contributed by atoms with Crippen LogP contribution in [-0.2, 0) is 35.8 Å². The Labute approximate surface area is 377 Å². The Kier molecular flexibility index (Phi) is 12.5. The molecule has 0 atom stereocenters. The number of rotatable bonds is 11. The minimum atomic E-state index is -4.15. The number of hydrogen-bond acceptors (Lipinski definition) is 8. The fourth-order valence-corrected chi connectivity index (χ4v) is 11.3. The second-order valence-electron chi connectivity index (χ2n) is 18.2. The van der Waals surface area contributed by atoms with Crippen molar-refractivity contribution in [3.05, 3.63) is 131 Å². The van der Waals surface area contributed by atoms with E-state index in [1.807, 2.05) is 31.2 Å². The zero-order chi connectivity index (χ0) is 45.6. The van der Waals surface area contributed by atoms with E-state index in [9.17, 15) is 30.7 Å². The molecule has 1 aliphatic carbocycles. The quantitative estimate of drug-likeness (QED) is 0.111. The monoisotopic (exact) mass is 907 g/mol. The van der Waals surface area contributed by atoms with Crippen LogP contribution >= 0.6 is 0 Å². The fourth-order valence-electron chi connectivity index (χ4n) is 10.3. The SMILES string of the molecule is CCOC(=O)N1CC[N+](=C2/C(=C/C=C3/N(CCCS(=O)(=O)O)c4c(ccc5ccccc45)C3(C)C)CC/C2=C\C=C2\N(CCCS(=O)(=O)O)c3c(ccc4ccccc34)C2(C)C)CC1. The van der Waals surface area contributed by atoms with Crippen LogP contribution in [0.15, 0.2) is 120 Å². The maximum Gasteiger partial charge on any atom is 0.410 e. The highest BCUT2D eigenvalue weighted by atomic mass is 32.2. The van der Waals surface area contributed by atoms with Gasteiger partial charge in [0.2, 0.25) is 5.71 Å². The molecule has 0 unspecified atom stereocenters. The lowest BCUT2D eigenvalue weighted by molar-refractivity contribution is -0.537. The van der Waals surface area contributed by atoms with Crippen LogP contribution in [0.3, 0.4) is 0 Å². The van der Waals surface area contributed by atoms with Crippen LogP contribution in [0, 0.1) is 0 Å². The number of nitrogens with zero attached hydrogens (tertiary/aromatic N) is 4. The first kappa shape index (κ1) is 45.3. The molecule has 12 nitrogen and oxygen atoms in total. The van der Waals surface area contributed by atoms with Gasteiger partial charge in [-0.05, 0) is 66.7 Å². The lowest BCUT2D eigenvalue weighted by Crippen LogP contribution is -2.47. The number of benzene rings is 4. The normalized spacial score (nSPS) is 21.0. The van der Waals surface area contributed by atoms with Crippen LogP contribution in [0.25, 0.3) is 21.5 Å². The van der Waals surface area contributed by atoms with Crippen LogP contribution in [0.1, 0.15) is 71.4 Å². The standard InChI is InChI=1S/C50H58N4O8S2/c1-6-62-48(55)52-31-29-51(30-32-52)45-37(21-25-43-49(2,3)41-23-19-35-13-7-9-15-39(35)46(41)53(43)27-11-33-63(56,57)58)17-18-38(45)22-26-44-50(4,5)42-24-20-36-14-8-10-16-40(36)47(42)54(44)28-12-34-64(59,60)61/h7-10,13-16,19-26H,6,11-12,17-18,27-34H2,1-5H3,(H-,56,57,58,59,60,61)/p+1. The van der Waals surface area contributed by atoms with Crippen LogP contribution in [-0.4, -0.2) is 105 Å². The molecule has 2 N–H and O–H groups in total. The van der Waals surface area contributed by atoms with Crippen LogP contribution < -0.4 is 9.80 Å². The molecular formula is C50H59N4O8S2+. The van der Waals surface area contributed by atoms with Gasteiger partial charge in [0.15, 0.2) is 13.1 Å². The van der Waals surface area contributed by atoms with E-state index >= 15 is 0 Å². The molecule has 1 saturated heterocycles. The van der Waals surface area contributed by atoms with Gasteiger partial charge in [-0.3, -0.25) is 14.0 Å². The van der Waals surface area contributed by atoms with Crippen molar-refractivity contribution in [2.24, 2.45) is 0 Å². The number of amides is 1. The Morgan fingerprint density at radius 2 is 1.11 bits per heavy atom. The van der Waals surface area contributed by atoms with E-state index in [2.05, 4.69) is 115 Å². The molecule has 4 aromatic carbocycles. The molecule has 4 aliphatic rings. The van der Waals surface area contributed by atoms with Crippen molar-refractivity contribution in [1.29, 1.82) is 0 Å². The number of allylic oxidation sites excluding steroid dienone is 8. The second kappa shape index (κ2) is 17.6. The highest BCUT2D eigenvalue weighted by molar-refractivity contribution is 7.86. The van der Waals surface area contributed by atoms with Gasteiger partial charge in [-0.1, -0.05) is 113 Å². The average molecular weight is 908 g/mol. The first-order chi connectivity index (χ1) is 30.4. The number of carbonyl (C=O) groups is 1. The van der Waals surface area contributed by atoms with Crippen molar-refractivity contribution in [2.75, 3.05) is 67.2 Å². The van der Waals surface area contributed by atoms with Gasteiger partial charge in [-0.25, -0.2) is 9.37 Å². The number of fused-ring (bicyclic) bond motifs is 6. The number of ether oxygens (including phenoxy) is 1. The Bertz CT molecular complexity index is 2730. The van der Waals surface area contributed by atoms with Gasteiger partial charge >= 0.3 is 6.09 Å². The third kappa shape index (κ3) is 8.89. The topological polar surface area (TPSA) is 148 Å². The van der Waals surface area contributed by atoms with Crippen LogP contribution in [0.4, 0.5) is 16.2 Å². The summed E-state index contributed by atoms with van der Waals surface area (Å²) < 4.78 is 74.7. The largest absolute Gasteiger partial charge is 0.450 e. The zero-order valence-electron chi connectivity index (χ0n) is 37.4. The van der Waals surface area contributed by atoms with Crippen molar-refractivity contribution in [1.82, 2.24) is 4.90 Å². The lowest BCUT2D eigenvalue weighted by Gasteiger charge is -2.27. The predicted molar refractivity (Wildman–Crippen MR) is 256 cm³/mol. The van der Waals surface area contributed by atoms with E-state index in [0.717, 1.165) is 85.1 Å². The zero-order valence-corrected chi connectivity index (χ0v) is 39.0. The first-order valence-corrected chi connectivity index (χ1v) is 25.5. The molecular weight excluding hydrogens is 849 g/mol. The maximum atomic E-state index is 12.8. The van der Waals surface area contributed by atoms with Gasteiger partial charge in [0, 0.05) is 57.2 Å². The summed E-state index contributed by atoms with van der Waals surface area (Å²) in [6.45, 7) is 14.0. The first-order valence-electron chi connectivity index (χ1n) is 22.3. The molecule has 3 aliphatic heterocycles. The van der Waals surface area contributed by atoms with E-state index in [4.69, 9.17) is 4.74 Å². The lowest BCUT2D eigenvalue weighted by atomic mass is 9.82. The summed E-state index contributed by atoms with van der Waals surface area (Å²) in [7, 11) is -8.30. The molecule has 3 heterocycles. The molecule has 0 spiro atoms. The van der Waals surface area contributed by atoms with E-state index < -0.39 is 31.1 Å². The van der Waals surface area contributed by atoms with Gasteiger partial charge in [0.05, 0.1) is 42.6 Å². The third-order valence-electron chi connectivity index (χ3n) is 13.4.